The molecule has 0 atom stereocenters. The van der Waals surface area contributed by atoms with Crippen molar-refractivity contribution in [2.45, 2.75) is 18.4 Å². The van der Waals surface area contributed by atoms with Crippen molar-refractivity contribution in [1.29, 1.82) is 0 Å². The molecule has 2 aliphatic rings. The fourth-order valence-corrected chi connectivity index (χ4v) is 3.69. The van der Waals surface area contributed by atoms with Gasteiger partial charge in [0.1, 0.15) is 0 Å². The topological polar surface area (TPSA) is 32.3 Å². The Labute approximate surface area is 113 Å². The molecule has 0 aliphatic carbocycles. The number of likely N-dealkylation sites (tertiary alicyclic amines) is 1. The van der Waals surface area contributed by atoms with Gasteiger partial charge in [0.05, 0.1) is 14.9 Å². The summed E-state index contributed by atoms with van der Waals surface area (Å²) in [7, 11) is 0. The normalized spacial score (nSPS) is 21.5. The molecule has 1 amide bonds. The minimum Gasteiger partial charge on any atom is -0.380 e. The third kappa shape index (κ3) is 1.91. The van der Waals surface area contributed by atoms with Gasteiger partial charge in [-0.3, -0.25) is 4.79 Å². The molecule has 2 aliphatic heterocycles. The number of nitrogens with zero attached hydrogens (tertiary/aromatic N) is 1. The summed E-state index contributed by atoms with van der Waals surface area (Å²) in [6, 6.07) is 1.89. The first-order valence-corrected chi connectivity index (χ1v) is 7.25. The molecule has 1 aromatic heterocycles. The van der Waals surface area contributed by atoms with E-state index in [4.69, 9.17) is 0 Å². The van der Waals surface area contributed by atoms with Gasteiger partial charge in [-0.05, 0) is 34.8 Å². The maximum Gasteiger partial charge on any atom is 0.254 e. The molecule has 0 bridgehead atoms. The Bertz CT molecular complexity index is 490. The van der Waals surface area contributed by atoms with E-state index in [1.165, 1.54) is 0 Å². The van der Waals surface area contributed by atoms with Gasteiger partial charge in [0.25, 0.3) is 5.91 Å². The van der Waals surface area contributed by atoms with Crippen molar-refractivity contribution in [2.75, 3.05) is 13.1 Å². The third-order valence-electron chi connectivity index (χ3n) is 3.44. The van der Waals surface area contributed by atoms with Crippen LogP contribution in [0.3, 0.4) is 0 Å². The van der Waals surface area contributed by atoms with Gasteiger partial charge in [-0.25, -0.2) is 0 Å². The van der Waals surface area contributed by atoms with Crippen LogP contribution in [0.2, 0.25) is 0 Å². The van der Waals surface area contributed by atoms with E-state index >= 15 is 0 Å². The Kier molecular flexibility index (Phi) is 2.56. The van der Waals surface area contributed by atoms with Crippen molar-refractivity contribution in [3.05, 3.63) is 33.1 Å². The molecule has 1 spiro atoms. The Morgan fingerprint density at radius 2 is 2.35 bits per heavy atom. The second kappa shape index (κ2) is 3.85. The number of carbonyl (C=O) groups is 1. The van der Waals surface area contributed by atoms with Gasteiger partial charge in [-0.2, -0.15) is 0 Å². The molecule has 17 heavy (non-hydrogen) atoms. The molecule has 0 radical (unpaired) electrons. The number of hydrogen-bond donors (Lipinski definition) is 1. The average molecular weight is 313 g/mol. The molecule has 0 unspecified atom stereocenters. The summed E-state index contributed by atoms with van der Waals surface area (Å²) in [5, 5.41) is 5.31. The van der Waals surface area contributed by atoms with Crippen LogP contribution in [0.15, 0.2) is 27.5 Å². The highest BCUT2D eigenvalue weighted by Gasteiger charge is 2.47. The maximum absolute atomic E-state index is 12.1. The maximum atomic E-state index is 12.1. The number of allylic oxidation sites excluding steroid dienone is 1. The number of amides is 1. The van der Waals surface area contributed by atoms with Gasteiger partial charge in [0.2, 0.25) is 0 Å². The summed E-state index contributed by atoms with van der Waals surface area (Å²) < 4.78 is 1.00. The lowest BCUT2D eigenvalue weighted by Gasteiger charge is -2.48. The number of rotatable bonds is 1. The first-order chi connectivity index (χ1) is 8.08. The van der Waals surface area contributed by atoms with Crippen LogP contribution in [0, 0.1) is 0 Å². The van der Waals surface area contributed by atoms with Crippen LogP contribution in [0.25, 0.3) is 0 Å². The standard InChI is InChI=1S/C12H13BrN2OS/c1-8-2-3-12(14-8)6-15(7-12)11(16)9-4-10(13)17-5-9/h4-5,14H,1-3,6-7H2. The second-order valence-corrected chi connectivity index (χ2v) is 7.10. The number of carbonyl (C=O) groups excluding carboxylic acids is 1. The molecule has 3 nitrogen and oxygen atoms in total. The van der Waals surface area contributed by atoms with E-state index in [-0.39, 0.29) is 11.4 Å². The quantitative estimate of drug-likeness (QED) is 0.864. The molecule has 3 rings (SSSR count). The monoisotopic (exact) mass is 312 g/mol. The molecule has 1 N–H and O–H groups in total. The lowest BCUT2D eigenvalue weighted by atomic mass is 9.88. The van der Waals surface area contributed by atoms with E-state index in [0.29, 0.717) is 0 Å². The van der Waals surface area contributed by atoms with Gasteiger partial charge in [0, 0.05) is 24.2 Å². The molecule has 2 fully saturated rings. The van der Waals surface area contributed by atoms with Crippen molar-refractivity contribution in [2.24, 2.45) is 0 Å². The molecule has 5 heteroatoms. The van der Waals surface area contributed by atoms with Gasteiger partial charge in [-0.15, -0.1) is 11.3 Å². The van der Waals surface area contributed by atoms with Gasteiger partial charge in [-0.1, -0.05) is 6.58 Å². The predicted octanol–water partition coefficient (Wildman–Crippen LogP) is 2.60. The van der Waals surface area contributed by atoms with Gasteiger partial charge >= 0.3 is 0 Å². The van der Waals surface area contributed by atoms with E-state index in [2.05, 4.69) is 27.8 Å². The van der Waals surface area contributed by atoms with Crippen LogP contribution in [-0.2, 0) is 0 Å². The van der Waals surface area contributed by atoms with E-state index < -0.39 is 0 Å². The van der Waals surface area contributed by atoms with E-state index in [9.17, 15) is 4.79 Å². The van der Waals surface area contributed by atoms with Crippen molar-refractivity contribution in [3.8, 4) is 0 Å². The van der Waals surface area contributed by atoms with Gasteiger partial charge < -0.3 is 10.2 Å². The second-order valence-electron chi connectivity index (χ2n) is 4.81. The molecule has 0 aromatic carbocycles. The molecule has 90 valence electrons. The lowest BCUT2D eigenvalue weighted by molar-refractivity contribution is 0.0363. The fraction of sp³-hybridized carbons (Fsp3) is 0.417. The largest absolute Gasteiger partial charge is 0.380 e. The smallest absolute Gasteiger partial charge is 0.254 e. The van der Waals surface area contributed by atoms with Crippen LogP contribution in [0.1, 0.15) is 23.2 Å². The summed E-state index contributed by atoms with van der Waals surface area (Å²) in [5.41, 5.74) is 2.02. The van der Waals surface area contributed by atoms with Crippen molar-refractivity contribution >= 4 is 33.2 Å². The third-order valence-corrected chi connectivity index (χ3v) is 4.94. The summed E-state index contributed by atoms with van der Waals surface area (Å²) in [4.78, 5) is 14.0. The van der Waals surface area contributed by atoms with Gasteiger partial charge in [0.15, 0.2) is 0 Å². The van der Waals surface area contributed by atoms with Crippen molar-refractivity contribution in [1.82, 2.24) is 10.2 Å². The highest BCUT2D eigenvalue weighted by Crippen LogP contribution is 2.34. The van der Waals surface area contributed by atoms with Crippen molar-refractivity contribution < 1.29 is 4.79 Å². The number of halogens is 1. The molecule has 0 saturated carbocycles. The van der Waals surface area contributed by atoms with Crippen LogP contribution < -0.4 is 5.32 Å². The fourth-order valence-electron chi connectivity index (χ4n) is 2.56. The predicted molar refractivity (Wildman–Crippen MR) is 72.2 cm³/mol. The van der Waals surface area contributed by atoms with E-state index in [1.807, 2.05) is 16.3 Å². The zero-order chi connectivity index (χ0) is 12.0. The first-order valence-electron chi connectivity index (χ1n) is 5.57. The first kappa shape index (κ1) is 11.3. The number of thiophene rings is 1. The molecule has 2 saturated heterocycles. The summed E-state index contributed by atoms with van der Waals surface area (Å²) in [6.45, 7) is 5.55. The highest BCUT2D eigenvalue weighted by atomic mass is 79.9. The van der Waals surface area contributed by atoms with E-state index in [1.54, 1.807) is 11.3 Å². The molecule has 1 aromatic rings. The van der Waals surface area contributed by atoms with Crippen LogP contribution in [-0.4, -0.2) is 29.4 Å². The molecular formula is C12H13BrN2OS. The lowest BCUT2D eigenvalue weighted by Crippen LogP contribution is -2.67. The van der Waals surface area contributed by atoms with Crippen LogP contribution in [0.5, 0.6) is 0 Å². The van der Waals surface area contributed by atoms with Crippen LogP contribution >= 0.6 is 27.3 Å². The molecular weight excluding hydrogens is 300 g/mol. The van der Waals surface area contributed by atoms with Crippen molar-refractivity contribution in [3.63, 3.8) is 0 Å². The summed E-state index contributed by atoms with van der Waals surface area (Å²) in [6.07, 6.45) is 2.13. The SMILES string of the molecule is C=C1CCC2(CN(C(=O)c3csc(Br)c3)C2)N1. The average Bonchev–Trinajstić information content (AvgIpc) is 2.81. The highest BCUT2D eigenvalue weighted by molar-refractivity contribution is 9.11. The summed E-state index contributed by atoms with van der Waals surface area (Å²) in [5.74, 6) is 0.136. The Hall–Kier alpha value is -0.810. The van der Waals surface area contributed by atoms with Crippen LogP contribution in [0.4, 0.5) is 0 Å². The van der Waals surface area contributed by atoms with E-state index in [0.717, 1.165) is 41.0 Å². The number of nitrogens with one attached hydrogen (secondary N) is 1. The zero-order valence-electron chi connectivity index (χ0n) is 9.33. The Morgan fingerprint density at radius 1 is 1.59 bits per heavy atom. The number of hydrogen-bond acceptors (Lipinski definition) is 3. The minimum absolute atomic E-state index is 0.125. The minimum atomic E-state index is 0.125. The Morgan fingerprint density at radius 3 is 2.88 bits per heavy atom. The zero-order valence-corrected chi connectivity index (χ0v) is 11.7. The molecule has 3 heterocycles. The Balaban J connectivity index is 1.66. The summed E-state index contributed by atoms with van der Waals surface area (Å²) >= 11 is 4.93.